The fourth-order valence-corrected chi connectivity index (χ4v) is 1.66. The van der Waals surface area contributed by atoms with Gasteiger partial charge in [0.2, 0.25) is 0 Å². The summed E-state index contributed by atoms with van der Waals surface area (Å²) in [6.45, 7) is -0.0190. The molecule has 0 atom stereocenters. The molecule has 84 valence electrons. The molecule has 2 rings (SSSR count). The smallest absolute Gasteiger partial charge is 0.264 e. The first kappa shape index (κ1) is 11.0. The van der Waals surface area contributed by atoms with Gasteiger partial charge >= 0.3 is 0 Å². The van der Waals surface area contributed by atoms with Crippen LogP contribution in [0.2, 0.25) is 0 Å². The summed E-state index contributed by atoms with van der Waals surface area (Å²) in [5.74, 6) is 0. The van der Waals surface area contributed by atoms with Crippen LogP contribution in [0.3, 0.4) is 0 Å². The zero-order valence-corrected chi connectivity index (χ0v) is 9.44. The second kappa shape index (κ2) is 4.15. The molecule has 6 heteroatoms. The number of fused-ring (bicyclic) bond motifs is 1. The van der Waals surface area contributed by atoms with E-state index in [-0.39, 0.29) is 6.61 Å². The molecule has 0 aliphatic rings. The van der Waals surface area contributed by atoms with Gasteiger partial charge in [-0.2, -0.15) is 8.42 Å². The maximum Gasteiger partial charge on any atom is 0.264 e. The molecule has 0 aromatic carbocycles. The quantitative estimate of drug-likeness (QED) is 0.749. The van der Waals surface area contributed by atoms with Crippen LogP contribution in [-0.4, -0.2) is 24.6 Å². The second-order valence-electron chi connectivity index (χ2n) is 3.31. The summed E-state index contributed by atoms with van der Waals surface area (Å²) in [4.78, 5) is 8.26. The molecule has 0 saturated carbocycles. The van der Waals surface area contributed by atoms with Crippen LogP contribution in [0.5, 0.6) is 0 Å². The minimum atomic E-state index is -3.44. The van der Waals surface area contributed by atoms with Crippen molar-refractivity contribution in [2.75, 3.05) is 6.26 Å². The summed E-state index contributed by atoms with van der Waals surface area (Å²) >= 11 is 0. The van der Waals surface area contributed by atoms with E-state index in [0.717, 1.165) is 11.8 Å². The third kappa shape index (κ3) is 2.53. The molecule has 0 unspecified atom stereocenters. The highest BCUT2D eigenvalue weighted by atomic mass is 32.2. The van der Waals surface area contributed by atoms with Crippen molar-refractivity contribution in [1.29, 1.82) is 0 Å². The van der Waals surface area contributed by atoms with E-state index in [0.29, 0.717) is 11.1 Å². The van der Waals surface area contributed by atoms with Gasteiger partial charge in [-0.1, -0.05) is 0 Å². The molecular formula is C10H10N2O3S. The normalized spacial score (nSPS) is 11.8. The molecule has 2 aromatic heterocycles. The molecule has 0 spiro atoms. The molecule has 2 heterocycles. The lowest BCUT2D eigenvalue weighted by atomic mass is 10.2. The molecule has 0 aliphatic heterocycles. The van der Waals surface area contributed by atoms with Crippen molar-refractivity contribution in [2.24, 2.45) is 0 Å². The van der Waals surface area contributed by atoms with Gasteiger partial charge in [-0.05, 0) is 18.2 Å². The van der Waals surface area contributed by atoms with Gasteiger partial charge in [0.1, 0.15) is 0 Å². The zero-order chi connectivity index (χ0) is 11.6. The molecule has 2 aromatic rings. The molecule has 16 heavy (non-hydrogen) atoms. The number of hydrogen-bond donors (Lipinski definition) is 0. The van der Waals surface area contributed by atoms with Crippen LogP contribution in [0.1, 0.15) is 5.56 Å². The van der Waals surface area contributed by atoms with Crippen LogP contribution in [0, 0.1) is 0 Å². The molecule has 0 saturated heterocycles. The van der Waals surface area contributed by atoms with Crippen molar-refractivity contribution in [1.82, 2.24) is 9.97 Å². The van der Waals surface area contributed by atoms with Crippen molar-refractivity contribution in [2.45, 2.75) is 6.61 Å². The zero-order valence-electron chi connectivity index (χ0n) is 8.62. The first-order chi connectivity index (χ1) is 7.56. The van der Waals surface area contributed by atoms with Gasteiger partial charge < -0.3 is 0 Å². The van der Waals surface area contributed by atoms with Crippen molar-refractivity contribution in [3.8, 4) is 0 Å². The number of pyridine rings is 2. The van der Waals surface area contributed by atoms with Crippen molar-refractivity contribution in [3.63, 3.8) is 0 Å². The number of rotatable bonds is 3. The summed E-state index contributed by atoms with van der Waals surface area (Å²) in [5.41, 5.74) is 2.08. The van der Waals surface area contributed by atoms with Crippen LogP contribution in [0.25, 0.3) is 11.0 Å². The average molecular weight is 238 g/mol. The predicted octanol–water partition coefficient (Wildman–Crippen LogP) is 1.11. The Morgan fingerprint density at radius 2 is 2.06 bits per heavy atom. The monoisotopic (exact) mass is 238 g/mol. The second-order valence-corrected chi connectivity index (χ2v) is 4.95. The van der Waals surface area contributed by atoms with E-state index < -0.39 is 10.1 Å². The minimum Gasteiger partial charge on any atom is -0.265 e. The van der Waals surface area contributed by atoms with Crippen molar-refractivity contribution >= 4 is 21.2 Å². The minimum absolute atomic E-state index is 0.0190. The Morgan fingerprint density at radius 1 is 1.25 bits per heavy atom. The van der Waals surface area contributed by atoms with E-state index in [1.54, 1.807) is 24.5 Å². The third-order valence-corrected chi connectivity index (χ3v) is 2.55. The standard InChI is InChI=1S/C10H10N2O3S/c1-16(13,14)15-7-8-4-6-11-9-3-2-5-12-10(8)9/h2-6H,7H2,1H3. The van der Waals surface area contributed by atoms with Crippen LogP contribution in [0.4, 0.5) is 0 Å². The Morgan fingerprint density at radius 3 is 2.81 bits per heavy atom. The maximum atomic E-state index is 10.9. The van der Waals surface area contributed by atoms with E-state index in [4.69, 9.17) is 4.18 Å². The molecule has 0 radical (unpaired) electrons. The van der Waals surface area contributed by atoms with Crippen LogP contribution >= 0.6 is 0 Å². The van der Waals surface area contributed by atoms with Gasteiger partial charge in [-0.3, -0.25) is 14.2 Å². The van der Waals surface area contributed by atoms with Gasteiger partial charge in [-0.15, -0.1) is 0 Å². The Kier molecular flexibility index (Phi) is 2.84. The fraction of sp³-hybridized carbons (Fsp3) is 0.200. The highest BCUT2D eigenvalue weighted by molar-refractivity contribution is 7.85. The number of aromatic nitrogens is 2. The predicted molar refractivity (Wildman–Crippen MR) is 59.2 cm³/mol. The van der Waals surface area contributed by atoms with Crippen molar-refractivity contribution in [3.05, 3.63) is 36.2 Å². The van der Waals surface area contributed by atoms with Crippen molar-refractivity contribution < 1.29 is 12.6 Å². The van der Waals surface area contributed by atoms with Crippen LogP contribution in [0.15, 0.2) is 30.6 Å². The summed E-state index contributed by atoms with van der Waals surface area (Å²) in [6.07, 6.45) is 4.25. The third-order valence-electron chi connectivity index (χ3n) is 2.01. The average Bonchev–Trinajstić information content (AvgIpc) is 2.25. The highest BCUT2D eigenvalue weighted by Crippen LogP contribution is 2.14. The summed E-state index contributed by atoms with van der Waals surface area (Å²) in [6, 6.07) is 5.28. The summed E-state index contributed by atoms with van der Waals surface area (Å²) < 4.78 is 26.5. The first-order valence-corrected chi connectivity index (χ1v) is 6.41. The van der Waals surface area contributed by atoms with Crippen LogP contribution < -0.4 is 0 Å². The fourth-order valence-electron chi connectivity index (χ4n) is 1.32. The Balaban J connectivity index is 2.38. The molecule has 0 N–H and O–H groups in total. The molecule has 0 amide bonds. The molecular weight excluding hydrogens is 228 g/mol. The lowest BCUT2D eigenvalue weighted by Gasteiger charge is -2.04. The van der Waals surface area contributed by atoms with E-state index >= 15 is 0 Å². The Bertz CT molecular complexity index is 605. The van der Waals surface area contributed by atoms with E-state index in [2.05, 4.69) is 9.97 Å². The molecule has 0 aliphatic carbocycles. The molecule has 5 nitrogen and oxygen atoms in total. The highest BCUT2D eigenvalue weighted by Gasteiger charge is 2.06. The van der Waals surface area contributed by atoms with Gasteiger partial charge in [0.25, 0.3) is 10.1 Å². The van der Waals surface area contributed by atoms with E-state index in [1.807, 2.05) is 6.07 Å². The summed E-state index contributed by atoms with van der Waals surface area (Å²) in [7, 11) is -3.44. The Hall–Kier alpha value is -1.53. The lowest BCUT2D eigenvalue weighted by Crippen LogP contribution is -2.03. The van der Waals surface area contributed by atoms with E-state index in [9.17, 15) is 8.42 Å². The molecule has 0 bridgehead atoms. The molecule has 0 fully saturated rings. The largest absolute Gasteiger partial charge is 0.265 e. The first-order valence-electron chi connectivity index (χ1n) is 4.59. The SMILES string of the molecule is CS(=O)(=O)OCc1ccnc2cccnc12. The topological polar surface area (TPSA) is 69.2 Å². The number of nitrogens with zero attached hydrogens (tertiary/aromatic N) is 2. The van der Waals surface area contributed by atoms with E-state index in [1.165, 1.54) is 0 Å². The van der Waals surface area contributed by atoms with Gasteiger partial charge in [0, 0.05) is 18.0 Å². The Labute approximate surface area is 93.2 Å². The maximum absolute atomic E-state index is 10.9. The van der Waals surface area contributed by atoms with Gasteiger partial charge in [0.05, 0.1) is 23.9 Å². The van der Waals surface area contributed by atoms with Crippen LogP contribution in [-0.2, 0) is 20.9 Å². The van der Waals surface area contributed by atoms with Gasteiger partial charge in [-0.25, -0.2) is 0 Å². The number of hydrogen-bond acceptors (Lipinski definition) is 5. The lowest BCUT2D eigenvalue weighted by molar-refractivity contribution is 0.313. The summed E-state index contributed by atoms with van der Waals surface area (Å²) in [5, 5.41) is 0. The van der Waals surface area contributed by atoms with Gasteiger partial charge in [0.15, 0.2) is 0 Å².